The summed E-state index contributed by atoms with van der Waals surface area (Å²) in [6.07, 6.45) is 1.01. The maximum atomic E-state index is 13.7. The Labute approximate surface area is 247 Å². The highest BCUT2D eigenvalue weighted by atomic mass is 35.5. The van der Waals surface area contributed by atoms with Crippen LogP contribution in [-0.2, 0) is 17.8 Å². The zero-order valence-corrected chi connectivity index (χ0v) is 24.6. The van der Waals surface area contributed by atoms with Crippen molar-refractivity contribution >= 4 is 18.3 Å². The highest BCUT2D eigenvalue weighted by Gasteiger charge is 2.23. The molecular formula is C31H39ClFN5O3. The van der Waals surface area contributed by atoms with E-state index in [1.54, 1.807) is 6.07 Å². The molecule has 0 bridgehead atoms. The molecule has 3 heterocycles. The Morgan fingerprint density at radius 1 is 1.12 bits per heavy atom. The topological polar surface area (TPSA) is 92.9 Å². The first kappa shape index (κ1) is 30.9. The summed E-state index contributed by atoms with van der Waals surface area (Å²) in [7, 11) is 0. The molecule has 5 rings (SSSR count). The summed E-state index contributed by atoms with van der Waals surface area (Å²) in [5, 5.41) is 3.61. The van der Waals surface area contributed by atoms with Gasteiger partial charge in [-0.25, -0.2) is 9.37 Å². The molecule has 8 nitrogen and oxygen atoms in total. The zero-order chi connectivity index (χ0) is 28.2. The third-order valence-electron chi connectivity index (χ3n) is 7.53. The van der Waals surface area contributed by atoms with E-state index in [0.717, 1.165) is 69.3 Å². The second kappa shape index (κ2) is 13.7. The van der Waals surface area contributed by atoms with Crippen LogP contribution in [0.5, 0.6) is 11.6 Å². The minimum atomic E-state index is -0.802. The van der Waals surface area contributed by atoms with Gasteiger partial charge < -0.3 is 20.5 Å². The number of nitrogens with one attached hydrogen (secondary N) is 1. The number of ether oxygens (including phenoxy) is 2. The first-order valence-corrected chi connectivity index (χ1v) is 13.9. The fourth-order valence-corrected chi connectivity index (χ4v) is 5.72. The number of nitrogens with zero attached hydrogens (tertiary/aromatic N) is 3. The smallest absolute Gasteiger partial charge is 0.254 e. The summed E-state index contributed by atoms with van der Waals surface area (Å²) >= 11 is 0. The van der Waals surface area contributed by atoms with Crippen molar-refractivity contribution in [1.82, 2.24) is 20.1 Å². The Balaban J connectivity index is 0.00000387. The molecule has 0 spiro atoms. The molecule has 0 aliphatic carbocycles. The van der Waals surface area contributed by atoms with Crippen LogP contribution in [0.2, 0.25) is 0 Å². The number of halogens is 2. The number of aromatic nitrogens is 1. The van der Waals surface area contributed by atoms with E-state index >= 15 is 0 Å². The van der Waals surface area contributed by atoms with Gasteiger partial charge in [-0.15, -0.1) is 12.4 Å². The Kier molecular flexibility index (Phi) is 10.3. The summed E-state index contributed by atoms with van der Waals surface area (Å²) < 4.78 is 25.3. The first-order valence-electron chi connectivity index (χ1n) is 13.9. The van der Waals surface area contributed by atoms with Crippen molar-refractivity contribution in [1.29, 1.82) is 0 Å². The SMILES string of the molecule is C[C@@H]1CN(Cc2ccc(-c3cccc(Oc4ncc(F)cc4C(N)=O)c3)c(CN3CCOC[C@@H]3C)c2)C[C@H](C)N1.Cl. The number of carbonyl (C=O) groups excluding carboxylic acids is 1. The molecule has 0 unspecified atom stereocenters. The summed E-state index contributed by atoms with van der Waals surface area (Å²) in [4.78, 5) is 20.8. The number of hydrogen-bond acceptors (Lipinski definition) is 7. The summed E-state index contributed by atoms with van der Waals surface area (Å²) in [5.74, 6) is -0.994. The molecule has 1 aromatic heterocycles. The third kappa shape index (κ3) is 7.81. The largest absolute Gasteiger partial charge is 0.438 e. The molecule has 0 saturated carbocycles. The lowest BCUT2D eigenvalue weighted by Crippen LogP contribution is -2.53. The molecule has 220 valence electrons. The third-order valence-corrected chi connectivity index (χ3v) is 7.53. The van der Waals surface area contributed by atoms with Crippen LogP contribution < -0.4 is 15.8 Å². The van der Waals surface area contributed by atoms with Crippen LogP contribution in [0.1, 0.15) is 42.3 Å². The maximum Gasteiger partial charge on any atom is 0.254 e. The summed E-state index contributed by atoms with van der Waals surface area (Å²) in [6.45, 7) is 12.8. The van der Waals surface area contributed by atoms with Crippen LogP contribution in [0.15, 0.2) is 54.7 Å². The second-order valence-electron chi connectivity index (χ2n) is 11.0. The molecule has 41 heavy (non-hydrogen) atoms. The van der Waals surface area contributed by atoms with Crippen molar-refractivity contribution in [2.75, 3.05) is 32.8 Å². The standard InChI is InChI=1S/C31H38FN5O3.ClH/c1-20-15-36(16-21(2)35-20)17-23-7-8-28(25(11-23)18-37-9-10-39-19-22(37)3)24-5-4-6-27(12-24)40-31-29(30(33)38)13-26(32)14-34-31;/h4-8,11-14,20-22,35H,9-10,15-19H2,1-3H3,(H2,33,38);1H/t20-,21+,22-;/m0./s1. The van der Waals surface area contributed by atoms with Gasteiger partial charge in [0.1, 0.15) is 17.1 Å². The Morgan fingerprint density at radius 3 is 2.63 bits per heavy atom. The van der Waals surface area contributed by atoms with Crippen LogP contribution in [-0.4, -0.2) is 71.7 Å². The van der Waals surface area contributed by atoms with Gasteiger partial charge in [-0.1, -0.05) is 30.3 Å². The number of primary amides is 1. The highest BCUT2D eigenvalue weighted by Crippen LogP contribution is 2.32. The molecule has 2 fully saturated rings. The number of pyridine rings is 1. The van der Waals surface area contributed by atoms with Crippen molar-refractivity contribution in [2.24, 2.45) is 5.73 Å². The van der Waals surface area contributed by atoms with Crippen molar-refractivity contribution in [3.63, 3.8) is 0 Å². The molecule has 2 saturated heterocycles. The van der Waals surface area contributed by atoms with Gasteiger partial charge in [0.25, 0.3) is 5.91 Å². The number of carbonyl (C=O) groups is 1. The van der Waals surface area contributed by atoms with Crippen LogP contribution in [0.25, 0.3) is 11.1 Å². The number of morpholine rings is 1. The van der Waals surface area contributed by atoms with E-state index < -0.39 is 11.7 Å². The number of amides is 1. The van der Waals surface area contributed by atoms with Crippen molar-refractivity contribution in [2.45, 2.75) is 52.0 Å². The van der Waals surface area contributed by atoms with Crippen molar-refractivity contribution in [3.8, 4) is 22.8 Å². The lowest BCUT2D eigenvalue weighted by Gasteiger charge is -2.36. The molecule has 1 amide bonds. The van der Waals surface area contributed by atoms with E-state index in [1.165, 1.54) is 11.1 Å². The zero-order valence-electron chi connectivity index (χ0n) is 23.8. The van der Waals surface area contributed by atoms with Crippen LogP contribution in [0.4, 0.5) is 4.39 Å². The maximum absolute atomic E-state index is 13.7. The van der Waals surface area contributed by atoms with Gasteiger partial charge in [0.15, 0.2) is 0 Å². The first-order chi connectivity index (χ1) is 19.2. The van der Waals surface area contributed by atoms with Gasteiger partial charge in [0, 0.05) is 50.8 Å². The minimum absolute atomic E-state index is 0. The van der Waals surface area contributed by atoms with Gasteiger partial charge in [-0.3, -0.25) is 14.6 Å². The van der Waals surface area contributed by atoms with Crippen molar-refractivity contribution in [3.05, 3.63) is 77.2 Å². The molecule has 3 N–H and O–H groups in total. The summed E-state index contributed by atoms with van der Waals surface area (Å²) in [6, 6.07) is 16.7. The van der Waals surface area contributed by atoms with E-state index in [9.17, 15) is 9.18 Å². The second-order valence-corrected chi connectivity index (χ2v) is 11.0. The number of rotatable bonds is 8. The average molecular weight is 584 g/mol. The Bertz CT molecular complexity index is 1350. The molecular weight excluding hydrogens is 545 g/mol. The predicted octanol–water partition coefficient (Wildman–Crippen LogP) is 4.60. The fraction of sp³-hybridized carbons (Fsp3) is 0.419. The normalized spacial score (nSPS) is 21.7. The van der Waals surface area contributed by atoms with Gasteiger partial charge >= 0.3 is 0 Å². The van der Waals surface area contributed by atoms with Gasteiger partial charge in [0.2, 0.25) is 5.88 Å². The quantitative estimate of drug-likeness (QED) is 0.400. The lowest BCUT2D eigenvalue weighted by molar-refractivity contribution is -0.00431. The lowest BCUT2D eigenvalue weighted by atomic mass is 9.96. The van der Waals surface area contributed by atoms with Gasteiger partial charge in [0.05, 0.1) is 19.4 Å². The Hall–Kier alpha value is -3.08. The number of benzene rings is 2. The highest BCUT2D eigenvalue weighted by molar-refractivity contribution is 5.95. The van der Waals surface area contributed by atoms with E-state index in [1.807, 2.05) is 18.2 Å². The fourth-order valence-electron chi connectivity index (χ4n) is 5.72. The van der Waals surface area contributed by atoms with Gasteiger partial charge in [-0.05, 0) is 61.2 Å². The van der Waals surface area contributed by atoms with E-state index in [0.29, 0.717) is 23.9 Å². The minimum Gasteiger partial charge on any atom is -0.438 e. The molecule has 3 aromatic rings. The van der Waals surface area contributed by atoms with E-state index in [4.69, 9.17) is 15.2 Å². The van der Waals surface area contributed by atoms with Crippen molar-refractivity contribution < 1.29 is 18.7 Å². The van der Waals surface area contributed by atoms with E-state index in [-0.39, 0.29) is 23.9 Å². The molecule has 2 aromatic carbocycles. The Morgan fingerprint density at radius 2 is 1.90 bits per heavy atom. The van der Waals surface area contributed by atoms with E-state index in [2.05, 4.69) is 59.1 Å². The number of piperazine rings is 1. The monoisotopic (exact) mass is 583 g/mol. The molecule has 2 aliphatic rings. The average Bonchev–Trinajstić information content (AvgIpc) is 2.91. The molecule has 10 heteroatoms. The molecule has 2 aliphatic heterocycles. The van der Waals surface area contributed by atoms with Crippen LogP contribution in [0.3, 0.4) is 0 Å². The summed E-state index contributed by atoms with van der Waals surface area (Å²) in [5.41, 5.74) is 9.93. The van der Waals surface area contributed by atoms with Crippen LogP contribution >= 0.6 is 12.4 Å². The van der Waals surface area contributed by atoms with Gasteiger partial charge in [-0.2, -0.15) is 0 Å². The molecule has 3 atom stereocenters. The van der Waals surface area contributed by atoms with Crippen LogP contribution in [0, 0.1) is 5.82 Å². The number of hydrogen-bond donors (Lipinski definition) is 2. The molecule has 0 radical (unpaired) electrons. The predicted molar refractivity (Wildman–Crippen MR) is 160 cm³/mol. The number of nitrogens with two attached hydrogens (primary N) is 1.